The number of fused-ring (bicyclic) bond motifs is 1. The third-order valence-corrected chi connectivity index (χ3v) is 4.88. The van der Waals surface area contributed by atoms with Crippen molar-refractivity contribution in [3.8, 4) is 11.5 Å². The van der Waals surface area contributed by atoms with Gasteiger partial charge in [0.15, 0.2) is 11.5 Å². The number of rotatable bonds is 7. The topological polar surface area (TPSA) is 85.1 Å². The van der Waals surface area contributed by atoms with Crippen molar-refractivity contribution in [2.45, 2.75) is 32.1 Å². The van der Waals surface area contributed by atoms with E-state index < -0.39 is 0 Å². The predicted octanol–water partition coefficient (Wildman–Crippen LogP) is 1.61. The summed E-state index contributed by atoms with van der Waals surface area (Å²) < 4.78 is 10.6. The van der Waals surface area contributed by atoms with Crippen molar-refractivity contribution >= 4 is 11.8 Å². The first-order valence-electron chi connectivity index (χ1n) is 9.36. The number of unbranched alkanes of at least 4 members (excludes halogenated alkanes) is 3. The van der Waals surface area contributed by atoms with Crippen LogP contribution in [0.25, 0.3) is 0 Å². The number of carbonyl (C=O) groups excluding carboxylic acids is 2. The second-order valence-electron chi connectivity index (χ2n) is 6.69. The van der Waals surface area contributed by atoms with Crippen LogP contribution >= 0.6 is 0 Å². The molecule has 2 aliphatic heterocycles. The molecule has 2 amide bonds. The molecule has 1 saturated heterocycles. The lowest BCUT2D eigenvalue weighted by Crippen LogP contribution is -2.50. The second kappa shape index (κ2) is 8.89. The highest BCUT2D eigenvalue weighted by molar-refractivity contribution is 5.95. The first-order chi connectivity index (χ1) is 12.7. The average Bonchev–Trinajstić information content (AvgIpc) is 3.15. The van der Waals surface area contributed by atoms with Crippen LogP contribution in [0, 0.1) is 0 Å². The van der Waals surface area contributed by atoms with Gasteiger partial charge in [0, 0.05) is 38.2 Å². The summed E-state index contributed by atoms with van der Waals surface area (Å²) in [7, 11) is 0. The molecule has 1 aromatic carbocycles. The molecule has 1 fully saturated rings. The summed E-state index contributed by atoms with van der Waals surface area (Å²) >= 11 is 0. The molecule has 0 atom stereocenters. The summed E-state index contributed by atoms with van der Waals surface area (Å²) in [6.45, 7) is 3.22. The van der Waals surface area contributed by atoms with Gasteiger partial charge in [0.25, 0.3) is 5.91 Å². The average molecular weight is 361 g/mol. The maximum absolute atomic E-state index is 12.7. The smallest absolute Gasteiger partial charge is 0.254 e. The normalized spacial score (nSPS) is 16.0. The van der Waals surface area contributed by atoms with Crippen LogP contribution in [0.3, 0.4) is 0 Å². The molecule has 26 heavy (non-hydrogen) atoms. The number of nitrogens with two attached hydrogens (primary N) is 1. The molecule has 0 aromatic heterocycles. The standard InChI is InChI=1S/C19H27N3O4/c20-8-4-2-1-3-5-18(23)21-9-11-22(12-10-21)19(24)15-6-7-16-17(13-15)26-14-25-16/h6-7,13H,1-5,8-12,14,20H2. The molecule has 7 heteroatoms. The summed E-state index contributed by atoms with van der Waals surface area (Å²) in [5.41, 5.74) is 6.06. The van der Waals surface area contributed by atoms with E-state index in [4.69, 9.17) is 15.2 Å². The molecule has 0 unspecified atom stereocenters. The third kappa shape index (κ3) is 4.46. The Kier molecular flexibility index (Phi) is 6.33. The van der Waals surface area contributed by atoms with Gasteiger partial charge in [0.1, 0.15) is 0 Å². The monoisotopic (exact) mass is 361 g/mol. The molecule has 1 aromatic rings. The number of nitrogens with zero attached hydrogens (tertiary/aromatic N) is 2. The number of benzene rings is 1. The van der Waals surface area contributed by atoms with E-state index in [1.807, 2.05) is 4.90 Å². The van der Waals surface area contributed by atoms with E-state index in [1.54, 1.807) is 23.1 Å². The van der Waals surface area contributed by atoms with Crippen molar-refractivity contribution in [3.63, 3.8) is 0 Å². The lowest BCUT2D eigenvalue weighted by atomic mass is 10.1. The maximum atomic E-state index is 12.7. The SMILES string of the molecule is NCCCCCCC(=O)N1CCN(C(=O)c2ccc3c(c2)OCO3)CC1. The second-order valence-corrected chi connectivity index (χ2v) is 6.69. The van der Waals surface area contributed by atoms with E-state index in [0.717, 1.165) is 25.7 Å². The van der Waals surface area contributed by atoms with Crippen LogP contribution in [0.2, 0.25) is 0 Å². The maximum Gasteiger partial charge on any atom is 0.254 e. The Morgan fingerprint density at radius 1 is 0.923 bits per heavy atom. The van der Waals surface area contributed by atoms with Crippen molar-refractivity contribution in [3.05, 3.63) is 23.8 Å². The van der Waals surface area contributed by atoms with Crippen molar-refractivity contribution in [1.82, 2.24) is 9.80 Å². The molecule has 0 radical (unpaired) electrons. The van der Waals surface area contributed by atoms with Gasteiger partial charge in [-0.25, -0.2) is 0 Å². The summed E-state index contributed by atoms with van der Waals surface area (Å²) in [6.07, 6.45) is 4.65. The molecule has 0 aliphatic carbocycles. The van der Waals surface area contributed by atoms with Crippen LogP contribution in [0.15, 0.2) is 18.2 Å². The number of hydrogen-bond acceptors (Lipinski definition) is 5. The number of hydrogen-bond donors (Lipinski definition) is 1. The highest BCUT2D eigenvalue weighted by Crippen LogP contribution is 2.32. The molecule has 3 rings (SSSR count). The molecule has 7 nitrogen and oxygen atoms in total. The van der Waals surface area contributed by atoms with Crippen molar-refractivity contribution < 1.29 is 19.1 Å². The number of piperazine rings is 1. The van der Waals surface area contributed by atoms with Crippen LogP contribution in [-0.4, -0.2) is 61.1 Å². The van der Waals surface area contributed by atoms with Crippen molar-refractivity contribution in [2.24, 2.45) is 5.73 Å². The van der Waals surface area contributed by atoms with Crippen molar-refractivity contribution in [1.29, 1.82) is 0 Å². The van der Waals surface area contributed by atoms with Gasteiger partial charge in [-0.2, -0.15) is 0 Å². The third-order valence-electron chi connectivity index (χ3n) is 4.88. The molecule has 142 valence electrons. The Hall–Kier alpha value is -2.28. The van der Waals surface area contributed by atoms with Crippen LogP contribution in [0.1, 0.15) is 42.5 Å². The number of carbonyl (C=O) groups is 2. The molecular formula is C19H27N3O4. The Bertz CT molecular complexity index is 642. The largest absolute Gasteiger partial charge is 0.454 e. The van der Waals surface area contributed by atoms with Crippen LogP contribution in [0.5, 0.6) is 11.5 Å². The number of ether oxygens (including phenoxy) is 2. The Morgan fingerprint density at radius 3 is 2.38 bits per heavy atom. The fourth-order valence-electron chi connectivity index (χ4n) is 3.30. The minimum Gasteiger partial charge on any atom is -0.454 e. The fourth-order valence-corrected chi connectivity index (χ4v) is 3.30. The lowest BCUT2D eigenvalue weighted by Gasteiger charge is -2.35. The first kappa shape index (κ1) is 18.5. The fraction of sp³-hybridized carbons (Fsp3) is 0.579. The minimum absolute atomic E-state index is 0.0304. The zero-order valence-electron chi connectivity index (χ0n) is 15.1. The van der Waals surface area contributed by atoms with Gasteiger partial charge in [0.2, 0.25) is 12.7 Å². The summed E-state index contributed by atoms with van der Waals surface area (Å²) in [5.74, 6) is 1.44. The molecule has 2 N–H and O–H groups in total. The Labute approximate surface area is 154 Å². The molecule has 2 aliphatic rings. The molecule has 0 saturated carbocycles. The summed E-state index contributed by atoms with van der Waals surface area (Å²) in [6, 6.07) is 5.25. The van der Waals surface area contributed by atoms with Gasteiger partial charge in [-0.1, -0.05) is 12.8 Å². The summed E-state index contributed by atoms with van der Waals surface area (Å²) in [5, 5.41) is 0. The summed E-state index contributed by atoms with van der Waals surface area (Å²) in [4.78, 5) is 28.6. The molecule has 0 bridgehead atoms. The molecular weight excluding hydrogens is 334 g/mol. The van der Waals surface area contributed by atoms with Gasteiger partial charge in [-0.3, -0.25) is 9.59 Å². The molecule has 0 spiro atoms. The van der Waals surface area contributed by atoms with E-state index in [9.17, 15) is 9.59 Å². The van der Waals surface area contributed by atoms with E-state index in [0.29, 0.717) is 56.2 Å². The van der Waals surface area contributed by atoms with E-state index >= 15 is 0 Å². The highest BCUT2D eigenvalue weighted by atomic mass is 16.7. The van der Waals surface area contributed by atoms with Crippen molar-refractivity contribution in [2.75, 3.05) is 39.5 Å². The van der Waals surface area contributed by atoms with E-state index in [1.165, 1.54) is 0 Å². The lowest BCUT2D eigenvalue weighted by molar-refractivity contribution is -0.132. The predicted molar refractivity (Wildman–Crippen MR) is 97.2 cm³/mol. The Balaban J connectivity index is 1.44. The highest BCUT2D eigenvalue weighted by Gasteiger charge is 2.25. The Morgan fingerprint density at radius 2 is 1.62 bits per heavy atom. The van der Waals surface area contributed by atoms with Gasteiger partial charge in [0.05, 0.1) is 0 Å². The van der Waals surface area contributed by atoms with Gasteiger partial charge >= 0.3 is 0 Å². The zero-order valence-corrected chi connectivity index (χ0v) is 15.1. The minimum atomic E-state index is -0.0304. The van der Waals surface area contributed by atoms with Crippen LogP contribution < -0.4 is 15.2 Å². The van der Waals surface area contributed by atoms with E-state index in [2.05, 4.69) is 0 Å². The van der Waals surface area contributed by atoms with Gasteiger partial charge in [-0.15, -0.1) is 0 Å². The van der Waals surface area contributed by atoms with Gasteiger partial charge < -0.3 is 25.0 Å². The number of amides is 2. The first-order valence-corrected chi connectivity index (χ1v) is 9.36. The zero-order chi connectivity index (χ0) is 18.4. The van der Waals surface area contributed by atoms with E-state index in [-0.39, 0.29) is 18.6 Å². The van der Waals surface area contributed by atoms with Gasteiger partial charge in [-0.05, 0) is 37.6 Å². The van der Waals surface area contributed by atoms with Crippen LogP contribution in [-0.2, 0) is 4.79 Å². The quantitative estimate of drug-likeness (QED) is 0.746. The molecule has 2 heterocycles. The van der Waals surface area contributed by atoms with Crippen LogP contribution in [0.4, 0.5) is 0 Å².